The molecule has 3 atom stereocenters. The molecule has 12 nitrogen and oxygen atoms in total. The number of hydrogen-bond acceptors (Lipinski definition) is 8. The van der Waals surface area contributed by atoms with Gasteiger partial charge in [0.05, 0.1) is 22.3 Å². The quantitative estimate of drug-likeness (QED) is 0.128. The first-order valence-corrected chi connectivity index (χ1v) is 15.2. The summed E-state index contributed by atoms with van der Waals surface area (Å²) in [5.74, 6) is -3.46. The van der Waals surface area contributed by atoms with Gasteiger partial charge in [0.2, 0.25) is 0 Å². The fourth-order valence-electron chi connectivity index (χ4n) is 5.31. The lowest BCUT2D eigenvalue weighted by Gasteiger charge is -2.31. The zero-order chi connectivity index (χ0) is 35.8. The second-order valence-corrected chi connectivity index (χ2v) is 13.3. The number of nitrogens with two attached hydrogens (primary N) is 4. The van der Waals surface area contributed by atoms with Gasteiger partial charge in [0.1, 0.15) is 0 Å². The largest absolute Gasteiger partial charge is 0.478 e. The minimum absolute atomic E-state index is 0.0555. The summed E-state index contributed by atoms with van der Waals surface area (Å²) >= 11 is 0. The minimum atomic E-state index is -1.17. The van der Waals surface area contributed by atoms with E-state index in [1.54, 1.807) is 0 Å². The summed E-state index contributed by atoms with van der Waals surface area (Å²) in [6, 6.07) is 8.55. The molecule has 12 heteroatoms. The Morgan fingerprint density at radius 1 is 0.652 bits per heavy atom. The van der Waals surface area contributed by atoms with E-state index in [0.29, 0.717) is 24.8 Å². The van der Waals surface area contributed by atoms with E-state index in [2.05, 4.69) is 20.8 Å². The molecule has 2 rings (SSSR count). The molecule has 46 heavy (non-hydrogen) atoms. The summed E-state index contributed by atoms with van der Waals surface area (Å²) in [4.78, 5) is 43.5. The lowest BCUT2D eigenvalue weighted by atomic mass is 9.76. The predicted molar refractivity (Wildman–Crippen MR) is 179 cm³/mol. The van der Waals surface area contributed by atoms with E-state index >= 15 is 0 Å². The number of hydrogen-bond donors (Lipinski definition) is 8. The predicted octanol–water partition coefficient (Wildman–Crippen LogP) is 4.91. The smallest absolute Gasteiger partial charge is 0.336 e. The number of benzene rings is 2. The highest BCUT2D eigenvalue weighted by molar-refractivity contribution is 5.97. The average Bonchev–Trinajstić information content (AvgIpc) is 2.96. The molecule has 0 fully saturated rings. The lowest BCUT2D eigenvalue weighted by Crippen LogP contribution is -2.28. The normalized spacial score (nSPS) is 13.2. The molecule has 2 aromatic carbocycles. The molecule has 0 saturated carbocycles. The average molecular weight is 647 g/mol. The van der Waals surface area contributed by atoms with Crippen LogP contribution in [0.3, 0.4) is 0 Å². The Balaban J connectivity index is 0.000000737. The van der Waals surface area contributed by atoms with Crippen molar-refractivity contribution in [3.05, 3.63) is 70.3 Å². The number of rotatable bonds is 15. The number of carbonyl (C=O) groups is 4. The van der Waals surface area contributed by atoms with Crippen LogP contribution in [0, 0.1) is 22.7 Å². The van der Waals surface area contributed by atoms with Gasteiger partial charge in [-0.05, 0) is 110 Å². The molecule has 0 aliphatic rings. The van der Waals surface area contributed by atoms with Gasteiger partial charge in [-0.2, -0.15) is 0 Å². The van der Waals surface area contributed by atoms with Crippen molar-refractivity contribution in [2.24, 2.45) is 45.6 Å². The minimum Gasteiger partial charge on any atom is -0.478 e. The summed E-state index contributed by atoms with van der Waals surface area (Å²) in [6.45, 7) is 14.9. The van der Waals surface area contributed by atoms with E-state index in [0.717, 1.165) is 25.9 Å². The third-order valence-electron chi connectivity index (χ3n) is 7.51. The van der Waals surface area contributed by atoms with Gasteiger partial charge < -0.3 is 43.4 Å². The Bertz CT molecular complexity index is 1210. The first-order chi connectivity index (χ1) is 21.2. The van der Waals surface area contributed by atoms with Crippen LogP contribution in [0.4, 0.5) is 0 Å². The number of carboxylic acids is 4. The highest BCUT2D eigenvalue weighted by Gasteiger charge is 2.29. The van der Waals surface area contributed by atoms with Gasteiger partial charge in [-0.15, -0.1) is 0 Å². The molecule has 0 bridgehead atoms. The molecule has 0 aromatic heterocycles. The van der Waals surface area contributed by atoms with Crippen LogP contribution in [0.5, 0.6) is 0 Å². The standard InChI is InChI=1S/C17H26N2O4.C9H22N2.C8H6O4/c1-10(9-18)7-17(2,3)8-13(19)14-11(15(20)21)5-4-6-12(14)16(22)23;1-8(4-5-10)6-9(2,3)7-11;9-7(10)5-1-2-6(4-3-5)8(11)12/h4-6,10,13H,7-9,18-19H2,1-3H3,(H,20,21)(H,22,23);8H,4-7,10-11H2,1-3H3;1-4H,(H,9,10)(H,11,12). The molecule has 0 spiro atoms. The Morgan fingerprint density at radius 2 is 1.07 bits per heavy atom. The van der Waals surface area contributed by atoms with Crippen molar-refractivity contribution < 1.29 is 39.6 Å². The number of aromatic carboxylic acids is 4. The first-order valence-electron chi connectivity index (χ1n) is 15.2. The second-order valence-electron chi connectivity index (χ2n) is 13.3. The van der Waals surface area contributed by atoms with Crippen LogP contribution in [-0.4, -0.2) is 63.9 Å². The van der Waals surface area contributed by atoms with E-state index in [4.69, 9.17) is 33.1 Å². The van der Waals surface area contributed by atoms with Crippen molar-refractivity contribution in [1.82, 2.24) is 0 Å². The maximum Gasteiger partial charge on any atom is 0.336 e. The van der Waals surface area contributed by atoms with Crippen LogP contribution in [0.25, 0.3) is 0 Å². The third kappa shape index (κ3) is 15.4. The summed E-state index contributed by atoms with van der Waals surface area (Å²) in [6.07, 6.45) is 3.60. The molecule has 0 radical (unpaired) electrons. The van der Waals surface area contributed by atoms with Gasteiger partial charge in [0, 0.05) is 6.04 Å². The molecule has 0 aliphatic heterocycles. The van der Waals surface area contributed by atoms with Crippen molar-refractivity contribution in [2.75, 3.05) is 19.6 Å². The van der Waals surface area contributed by atoms with Crippen LogP contribution in [0.15, 0.2) is 42.5 Å². The van der Waals surface area contributed by atoms with Crippen molar-refractivity contribution >= 4 is 23.9 Å². The van der Waals surface area contributed by atoms with Gasteiger partial charge in [0.25, 0.3) is 0 Å². The monoisotopic (exact) mass is 646 g/mol. The molecule has 258 valence electrons. The van der Waals surface area contributed by atoms with Crippen LogP contribution >= 0.6 is 0 Å². The number of carboxylic acid groups (broad SMARTS) is 4. The highest BCUT2D eigenvalue weighted by Crippen LogP contribution is 2.36. The van der Waals surface area contributed by atoms with Gasteiger partial charge in [-0.25, -0.2) is 19.2 Å². The zero-order valence-electron chi connectivity index (χ0n) is 28.0. The summed E-state index contributed by atoms with van der Waals surface area (Å²) in [7, 11) is 0. The third-order valence-corrected chi connectivity index (χ3v) is 7.51. The molecule has 0 amide bonds. The summed E-state index contributed by atoms with van der Waals surface area (Å²) in [5, 5.41) is 35.6. The molecule has 0 aliphatic carbocycles. The summed E-state index contributed by atoms with van der Waals surface area (Å²) in [5.41, 5.74) is 23.3. The van der Waals surface area contributed by atoms with Crippen LogP contribution in [-0.2, 0) is 0 Å². The van der Waals surface area contributed by atoms with Gasteiger partial charge in [0.15, 0.2) is 0 Å². The maximum atomic E-state index is 11.4. The Morgan fingerprint density at radius 3 is 1.39 bits per heavy atom. The zero-order valence-corrected chi connectivity index (χ0v) is 28.0. The molecule has 12 N–H and O–H groups in total. The topological polar surface area (TPSA) is 253 Å². The molecule has 3 unspecified atom stereocenters. The van der Waals surface area contributed by atoms with E-state index in [-0.39, 0.29) is 38.6 Å². The van der Waals surface area contributed by atoms with E-state index in [1.165, 1.54) is 48.9 Å². The van der Waals surface area contributed by atoms with Gasteiger partial charge in [-0.3, -0.25) is 0 Å². The van der Waals surface area contributed by atoms with Crippen molar-refractivity contribution in [3.63, 3.8) is 0 Å². The fraction of sp³-hybridized carbons (Fsp3) is 0.529. The Labute approximate surface area is 272 Å². The molecule has 2 aromatic rings. The molecule has 0 heterocycles. The Hall–Kier alpha value is -3.84. The SMILES string of the molecule is CC(CCN)CC(C)(C)CN.CC(CN)CC(C)(C)CC(N)c1c(C(=O)O)cccc1C(=O)O.O=C(O)c1ccc(C(=O)O)cc1. The summed E-state index contributed by atoms with van der Waals surface area (Å²) < 4.78 is 0. The molecular formula is C34H54N4O8. The fourth-order valence-corrected chi connectivity index (χ4v) is 5.31. The van der Waals surface area contributed by atoms with Gasteiger partial charge >= 0.3 is 23.9 Å². The van der Waals surface area contributed by atoms with E-state index in [9.17, 15) is 29.4 Å². The maximum absolute atomic E-state index is 11.4. The lowest BCUT2D eigenvalue weighted by molar-refractivity contribution is 0.0679. The van der Waals surface area contributed by atoms with E-state index in [1.807, 2.05) is 20.8 Å². The van der Waals surface area contributed by atoms with Crippen LogP contribution < -0.4 is 22.9 Å². The second kappa shape index (κ2) is 19.6. The van der Waals surface area contributed by atoms with Crippen molar-refractivity contribution in [3.8, 4) is 0 Å². The molecule has 0 saturated heterocycles. The highest BCUT2D eigenvalue weighted by atomic mass is 16.4. The molecular weight excluding hydrogens is 592 g/mol. The first kappa shape index (κ1) is 42.2. The van der Waals surface area contributed by atoms with Crippen molar-refractivity contribution in [1.29, 1.82) is 0 Å². The van der Waals surface area contributed by atoms with Crippen LogP contribution in [0.2, 0.25) is 0 Å². The van der Waals surface area contributed by atoms with Gasteiger partial charge in [-0.1, -0.05) is 47.6 Å². The Kier molecular flexibility index (Phi) is 18.0. The van der Waals surface area contributed by atoms with Crippen LogP contribution in [0.1, 0.15) is 120 Å². The van der Waals surface area contributed by atoms with E-state index < -0.39 is 29.9 Å². The van der Waals surface area contributed by atoms with Crippen molar-refractivity contribution in [2.45, 2.75) is 73.3 Å².